The van der Waals surface area contributed by atoms with Gasteiger partial charge in [-0.2, -0.15) is 13.2 Å². The van der Waals surface area contributed by atoms with Crippen molar-refractivity contribution in [3.63, 3.8) is 0 Å². The average Bonchev–Trinajstić information content (AvgIpc) is 2.93. The van der Waals surface area contributed by atoms with Gasteiger partial charge in [-0.25, -0.2) is 0 Å². The van der Waals surface area contributed by atoms with E-state index in [1.165, 1.54) is 18.2 Å². The van der Waals surface area contributed by atoms with Crippen LogP contribution in [0.25, 0.3) is 32.8 Å². The molecule has 0 aliphatic carbocycles. The molecule has 0 fully saturated rings. The summed E-state index contributed by atoms with van der Waals surface area (Å²) in [5.41, 5.74) is 3.02. The number of hydrogen-bond acceptors (Lipinski definition) is 3. The minimum absolute atomic E-state index is 0. The number of fused-ring (bicyclic) bond motifs is 3. The standard InChI is InChI=1S/C22H15F3N.C13H24O2.Ir/c1-13-9-14(2)11-16(10-13)21-19-6-4-15-3-5-17(22(23,24)25)12-20(15)18(19)7-8-26-21;1-5-10(6-2)12(14)9-13(15)11(7-3)8-4;/h3-10,12H,1-2H3;9-11,14H,5-8H2,1-4H3;/q-1;;. The molecular formula is C35H39F3IrNO2-. The minimum atomic E-state index is -4.37. The van der Waals surface area contributed by atoms with Gasteiger partial charge < -0.3 is 10.1 Å². The van der Waals surface area contributed by atoms with Crippen molar-refractivity contribution in [2.24, 2.45) is 11.8 Å². The number of aliphatic hydroxyl groups is 1. The molecule has 0 aliphatic heterocycles. The van der Waals surface area contributed by atoms with E-state index in [0.717, 1.165) is 70.3 Å². The van der Waals surface area contributed by atoms with Gasteiger partial charge in [0.05, 0.1) is 11.3 Å². The zero-order chi connectivity index (χ0) is 30.3. The Hall–Kier alpha value is -3.02. The van der Waals surface area contributed by atoms with Crippen molar-refractivity contribution in [3.05, 3.63) is 89.3 Å². The van der Waals surface area contributed by atoms with E-state index in [-0.39, 0.29) is 43.5 Å². The van der Waals surface area contributed by atoms with Crippen LogP contribution in [-0.2, 0) is 31.1 Å². The van der Waals surface area contributed by atoms with Crippen molar-refractivity contribution in [1.82, 2.24) is 4.98 Å². The van der Waals surface area contributed by atoms with Crippen LogP contribution < -0.4 is 0 Å². The number of ketones is 1. The molecule has 0 bridgehead atoms. The summed E-state index contributed by atoms with van der Waals surface area (Å²) in [5, 5.41) is 12.7. The van der Waals surface area contributed by atoms with Crippen LogP contribution in [0.2, 0.25) is 0 Å². The fraction of sp³-hybridized carbons (Fsp3) is 0.371. The first-order valence-electron chi connectivity index (χ1n) is 14.3. The molecule has 1 N–H and O–H groups in total. The molecule has 7 heteroatoms. The number of alkyl halides is 3. The second-order valence-corrected chi connectivity index (χ2v) is 10.5. The molecule has 1 heterocycles. The molecule has 1 radical (unpaired) electrons. The first kappa shape index (κ1) is 35.2. The third-order valence-corrected chi connectivity index (χ3v) is 7.58. The molecule has 0 saturated carbocycles. The number of hydrogen-bond donors (Lipinski definition) is 1. The number of carbonyl (C=O) groups is 1. The summed E-state index contributed by atoms with van der Waals surface area (Å²) < 4.78 is 39.4. The summed E-state index contributed by atoms with van der Waals surface area (Å²) in [6, 6.07) is 16.7. The van der Waals surface area contributed by atoms with Gasteiger partial charge in [-0.3, -0.25) is 4.79 Å². The number of aliphatic hydroxyl groups excluding tert-OH is 1. The maximum absolute atomic E-state index is 13.1. The summed E-state index contributed by atoms with van der Waals surface area (Å²) >= 11 is 0. The molecule has 1 aromatic heterocycles. The zero-order valence-electron chi connectivity index (χ0n) is 25.0. The van der Waals surface area contributed by atoms with E-state index in [1.54, 1.807) is 12.3 Å². The largest absolute Gasteiger partial charge is 0.512 e. The molecule has 227 valence electrons. The van der Waals surface area contributed by atoms with Gasteiger partial charge in [0.25, 0.3) is 0 Å². The molecule has 42 heavy (non-hydrogen) atoms. The predicted octanol–water partition coefficient (Wildman–Crippen LogP) is 10.4. The fourth-order valence-corrected chi connectivity index (χ4v) is 5.18. The Labute approximate surface area is 260 Å². The number of pyridine rings is 1. The van der Waals surface area contributed by atoms with Crippen LogP contribution in [0.15, 0.2) is 66.6 Å². The maximum atomic E-state index is 13.1. The minimum Gasteiger partial charge on any atom is -0.512 e. The van der Waals surface area contributed by atoms with E-state index in [9.17, 15) is 23.1 Å². The van der Waals surface area contributed by atoms with Gasteiger partial charge in [-0.1, -0.05) is 59.7 Å². The molecule has 4 rings (SSSR count). The fourth-order valence-electron chi connectivity index (χ4n) is 5.18. The Morgan fingerprint density at radius 1 is 0.881 bits per heavy atom. The Morgan fingerprint density at radius 3 is 2.07 bits per heavy atom. The van der Waals surface area contributed by atoms with Gasteiger partial charge in [0.1, 0.15) is 0 Å². The van der Waals surface area contributed by atoms with Gasteiger partial charge >= 0.3 is 6.18 Å². The molecule has 4 aromatic rings. The number of aryl methyl sites for hydroxylation is 2. The van der Waals surface area contributed by atoms with Crippen molar-refractivity contribution in [1.29, 1.82) is 0 Å². The van der Waals surface area contributed by atoms with E-state index >= 15 is 0 Å². The number of aromatic nitrogens is 1. The first-order chi connectivity index (χ1) is 19.4. The molecule has 0 saturated heterocycles. The van der Waals surface area contributed by atoms with Crippen LogP contribution in [0.5, 0.6) is 0 Å². The number of nitrogens with zero attached hydrogens (tertiary/aromatic N) is 1. The SMILES string of the molecule is CCC(CC)C(=O)C=C(O)C(CC)CC.Cc1[c-]c(-c2nccc3c2ccc2ccc(C(F)(F)F)cc23)cc(C)c1.[Ir]. The molecule has 0 aliphatic rings. The molecular weight excluding hydrogens is 716 g/mol. The average molecular weight is 755 g/mol. The molecule has 3 nitrogen and oxygen atoms in total. The smallest absolute Gasteiger partial charge is 0.416 e. The number of carbonyl (C=O) groups excluding carboxylic acids is 1. The zero-order valence-corrected chi connectivity index (χ0v) is 27.4. The Kier molecular flexibility index (Phi) is 12.9. The van der Waals surface area contributed by atoms with Crippen molar-refractivity contribution in [3.8, 4) is 11.3 Å². The maximum Gasteiger partial charge on any atom is 0.416 e. The van der Waals surface area contributed by atoms with Crippen LogP contribution in [0.1, 0.15) is 70.1 Å². The van der Waals surface area contributed by atoms with Crippen molar-refractivity contribution in [2.45, 2.75) is 73.4 Å². The summed E-state index contributed by atoms with van der Waals surface area (Å²) in [4.78, 5) is 16.2. The van der Waals surface area contributed by atoms with Crippen LogP contribution >= 0.6 is 0 Å². The Balaban J connectivity index is 0.000000334. The Bertz CT molecular complexity index is 1520. The van der Waals surface area contributed by atoms with Gasteiger partial charge in [0.15, 0.2) is 5.78 Å². The Morgan fingerprint density at radius 2 is 1.50 bits per heavy atom. The molecule has 0 atom stereocenters. The van der Waals surface area contributed by atoms with E-state index in [4.69, 9.17) is 0 Å². The van der Waals surface area contributed by atoms with Crippen molar-refractivity contribution < 1.29 is 43.2 Å². The van der Waals surface area contributed by atoms with Crippen molar-refractivity contribution >= 4 is 27.3 Å². The van der Waals surface area contributed by atoms with Gasteiger partial charge in [-0.15, -0.1) is 34.9 Å². The second kappa shape index (κ2) is 15.4. The van der Waals surface area contributed by atoms with E-state index in [1.807, 2.05) is 65.8 Å². The van der Waals surface area contributed by atoms with Crippen LogP contribution in [0.4, 0.5) is 13.2 Å². The molecule has 0 spiro atoms. The summed E-state index contributed by atoms with van der Waals surface area (Å²) in [6.07, 6.45) is 2.18. The number of halogens is 3. The monoisotopic (exact) mass is 755 g/mol. The quantitative estimate of drug-likeness (QED) is 0.0844. The van der Waals surface area contributed by atoms with Gasteiger partial charge in [0, 0.05) is 44.2 Å². The number of rotatable bonds is 8. The van der Waals surface area contributed by atoms with Crippen LogP contribution in [-0.4, -0.2) is 15.9 Å². The van der Waals surface area contributed by atoms with E-state index in [2.05, 4.69) is 11.1 Å². The molecule has 3 aromatic carbocycles. The topological polar surface area (TPSA) is 50.2 Å². The normalized spacial score (nSPS) is 11.9. The van der Waals surface area contributed by atoms with E-state index in [0.29, 0.717) is 5.39 Å². The van der Waals surface area contributed by atoms with E-state index < -0.39 is 11.7 Å². The molecule has 0 unspecified atom stereocenters. The number of allylic oxidation sites excluding steroid dienone is 2. The summed E-state index contributed by atoms with van der Waals surface area (Å²) in [5.74, 6) is 0.547. The predicted molar refractivity (Wildman–Crippen MR) is 162 cm³/mol. The summed E-state index contributed by atoms with van der Waals surface area (Å²) in [6.45, 7) is 12.0. The third-order valence-electron chi connectivity index (χ3n) is 7.58. The van der Waals surface area contributed by atoms with Crippen molar-refractivity contribution in [2.75, 3.05) is 0 Å². The first-order valence-corrected chi connectivity index (χ1v) is 14.3. The summed E-state index contributed by atoms with van der Waals surface area (Å²) in [7, 11) is 0. The van der Waals surface area contributed by atoms with Gasteiger partial charge in [-0.05, 0) is 71.1 Å². The van der Waals surface area contributed by atoms with Crippen LogP contribution in [0, 0.1) is 31.7 Å². The third kappa shape index (κ3) is 8.51. The second-order valence-electron chi connectivity index (χ2n) is 10.5. The molecule has 0 amide bonds. The van der Waals surface area contributed by atoms with Gasteiger partial charge in [0.2, 0.25) is 0 Å². The van der Waals surface area contributed by atoms with Crippen LogP contribution in [0.3, 0.4) is 0 Å². The number of benzene rings is 3.